The molecule has 0 bridgehead atoms. The van der Waals surface area contributed by atoms with Crippen LogP contribution in [0.5, 0.6) is 0 Å². The van der Waals surface area contributed by atoms with Crippen LogP contribution in [-0.4, -0.2) is 19.1 Å². The molecular formula is C15H15FN2O2. The van der Waals surface area contributed by atoms with E-state index in [-0.39, 0.29) is 11.6 Å². The Morgan fingerprint density at radius 1 is 1.35 bits per heavy atom. The minimum atomic E-state index is -0.466. The Bertz CT molecular complexity index is 650. The van der Waals surface area contributed by atoms with Gasteiger partial charge in [-0.05, 0) is 30.5 Å². The molecule has 0 unspecified atom stereocenters. The Morgan fingerprint density at radius 2 is 2.15 bits per heavy atom. The van der Waals surface area contributed by atoms with Crippen LogP contribution in [-0.2, 0) is 14.9 Å². The monoisotopic (exact) mass is 274 g/mol. The molecule has 1 saturated carbocycles. The van der Waals surface area contributed by atoms with Crippen LogP contribution in [0.3, 0.4) is 0 Å². The molecule has 20 heavy (non-hydrogen) atoms. The van der Waals surface area contributed by atoms with E-state index >= 15 is 0 Å². The summed E-state index contributed by atoms with van der Waals surface area (Å²) < 4.78 is 19.1. The third-order valence-corrected chi connectivity index (χ3v) is 4.46. The van der Waals surface area contributed by atoms with Crippen LogP contribution < -0.4 is 10.6 Å². The van der Waals surface area contributed by atoms with Gasteiger partial charge in [0.05, 0.1) is 30.0 Å². The highest BCUT2D eigenvalue weighted by atomic mass is 19.1. The topological polar surface area (TPSA) is 55.6 Å². The second-order valence-corrected chi connectivity index (χ2v) is 5.63. The van der Waals surface area contributed by atoms with Crippen molar-refractivity contribution in [2.24, 2.45) is 0 Å². The van der Waals surface area contributed by atoms with E-state index in [0.29, 0.717) is 25.3 Å². The normalized spacial score (nSPS) is 22.9. The van der Waals surface area contributed by atoms with Crippen LogP contribution in [0.1, 0.15) is 24.8 Å². The maximum Gasteiger partial charge on any atom is 0.242 e. The number of nitrogens with two attached hydrogens (primary N) is 1. The van der Waals surface area contributed by atoms with Crippen molar-refractivity contribution < 1.29 is 13.9 Å². The lowest BCUT2D eigenvalue weighted by Crippen LogP contribution is -2.33. The molecule has 1 spiro atoms. The number of nitrogen functional groups attached to an aromatic ring is 1. The third-order valence-electron chi connectivity index (χ3n) is 4.46. The second-order valence-electron chi connectivity index (χ2n) is 5.63. The molecule has 0 saturated heterocycles. The zero-order valence-electron chi connectivity index (χ0n) is 11.0. The molecule has 1 amide bonds. The van der Waals surface area contributed by atoms with E-state index in [2.05, 4.69) is 0 Å². The summed E-state index contributed by atoms with van der Waals surface area (Å²) in [6.45, 7) is 1.09. The maximum absolute atomic E-state index is 13.8. The van der Waals surface area contributed by atoms with Gasteiger partial charge < -0.3 is 10.5 Å². The molecule has 4 nitrogen and oxygen atoms in total. The Hall–Kier alpha value is -1.88. The highest BCUT2D eigenvalue weighted by molar-refractivity contribution is 6.12. The number of ether oxygens (including phenoxy) is 1. The lowest BCUT2D eigenvalue weighted by atomic mass is 9.97. The van der Waals surface area contributed by atoms with E-state index in [9.17, 15) is 9.18 Å². The smallest absolute Gasteiger partial charge is 0.242 e. The summed E-state index contributed by atoms with van der Waals surface area (Å²) in [4.78, 5) is 14.4. The van der Waals surface area contributed by atoms with Crippen LogP contribution in [0, 0.1) is 5.82 Å². The van der Waals surface area contributed by atoms with Crippen molar-refractivity contribution >= 4 is 17.3 Å². The Morgan fingerprint density at radius 3 is 2.80 bits per heavy atom. The first-order valence-electron chi connectivity index (χ1n) is 6.84. The number of anilines is 2. The van der Waals surface area contributed by atoms with Crippen molar-refractivity contribution in [1.82, 2.24) is 0 Å². The summed E-state index contributed by atoms with van der Waals surface area (Å²) in [5.41, 5.74) is 7.80. The van der Waals surface area contributed by atoms with E-state index in [1.165, 1.54) is 6.07 Å². The molecule has 2 N–H and O–H groups in total. The molecule has 2 heterocycles. The van der Waals surface area contributed by atoms with Gasteiger partial charge in [0.1, 0.15) is 5.82 Å². The van der Waals surface area contributed by atoms with Gasteiger partial charge >= 0.3 is 0 Å². The number of carbonyl (C=O) groups is 1. The fourth-order valence-electron chi connectivity index (χ4n) is 3.20. The van der Waals surface area contributed by atoms with Gasteiger partial charge in [0.15, 0.2) is 0 Å². The minimum Gasteiger partial charge on any atom is -0.396 e. The number of benzene rings is 1. The quantitative estimate of drug-likeness (QED) is 0.798. The van der Waals surface area contributed by atoms with Gasteiger partial charge in [-0.2, -0.15) is 0 Å². The van der Waals surface area contributed by atoms with Crippen molar-refractivity contribution in [2.75, 3.05) is 23.8 Å². The van der Waals surface area contributed by atoms with Crippen molar-refractivity contribution in [3.63, 3.8) is 0 Å². The number of halogens is 1. The number of rotatable bonds is 1. The molecular weight excluding hydrogens is 259 g/mol. The second kappa shape index (κ2) is 3.82. The molecule has 1 aliphatic carbocycles. The third kappa shape index (κ3) is 1.41. The van der Waals surface area contributed by atoms with Crippen LogP contribution in [0.2, 0.25) is 0 Å². The fourth-order valence-corrected chi connectivity index (χ4v) is 3.20. The predicted octanol–water partition coefficient (Wildman–Crippen LogP) is 2.09. The van der Waals surface area contributed by atoms with Crippen LogP contribution in [0.25, 0.3) is 0 Å². The van der Waals surface area contributed by atoms with E-state index < -0.39 is 11.2 Å². The number of fused-ring (bicyclic) bond motifs is 2. The van der Waals surface area contributed by atoms with Gasteiger partial charge in [-0.25, -0.2) is 4.39 Å². The molecule has 5 heteroatoms. The van der Waals surface area contributed by atoms with Crippen LogP contribution >= 0.6 is 0 Å². The first kappa shape index (κ1) is 11.9. The molecule has 4 rings (SSSR count). The van der Waals surface area contributed by atoms with Gasteiger partial charge in [0.25, 0.3) is 0 Å². The first-order chi connectivity index (χ1) is 9.63. The Labute approximate surface area is 116 Å². The van der Waals surface area contributed by atoms with Gasteiger partial charge in [0, 0.05) is 18.2 Å². The zero-order valence-corrected chi connectivity index (χ0v) is 11.0. The summed E-state index contributed by atoms with van der Waals surface area (Å²) >= 11 is 0. The summed E-state index contributed by atoms with van der Waals surface area (Å²) in [7, 11) is 0. The van der Waals surface area contributed by atoms with E-state index in [1.807, 2.05) is 6.08 Å². The zero-order chi connectivity index (χ0) is 13.9. The molecule has 0 radical (unpaired) electrons. The highest BCUT2D eigenvalue weighted by Crippen LogP contribution is 2.59. The molecule has 1 aromatic rings. The molecule has 0 atom stereocenters. The maximum atomic E-state index is 13.8. The fraction of sp³-hybridized carbons (Fsp3) is 0.400. The number of carbonyl (C=O) groups excluding carboxylic acids is 1. The number of hydrogen-bond donors (Lipinski definition) is 1. The number of nitrogens with zero attached hydrogens (tertiary/aromatic N) is 1. The lowest BCUT2D eigenvalue weighted by molar-refractivity contribution is -0.119. The van der Waals surface area contributed by atoms with Crippen LogP contribution in [0.4, 0.5) is 15.8 Å². The largest absolute Gasteiger partial charge is 0.396 e. The number of amides is 1. The Kier molecular flexibility index (Phi) is 2.27. The molecule has 1 fully saturated rings. The molecule has 1 aromatic carbocycles. The van der Waals surface area contributed by atoms with Gasteiger partial charge in [-0.1, -0.05) is 0 Å². The van der Waals surface area contributed by atoms with Crippen molar-refractivity contribution in [1.29, 1.82) is 0 Å². The molecule has 2 aliphatic heterocycles. The van der Waals surface area contributed by atoms with Gasteiger partial charge in [-0.3, -0.25) is 9.69 Å². The van der Waals surface area contributed by atoms with Gasteiger partial charge in [0.2, 0.25) is 5.91 Å². The van der Waals surface area contributed by atoms with Crippen molar-refractivity contribution in [2.45, 2.75) is 24.7 Å². The van der Waals surface area contributed by atoms with E-state index in [1.54, 1.807) is 11.0 Å². The number of hydrogen-bond acceptors (Lipinski definition) is 3. The lowest BCUT2D eigenvalue weighted by Gasteiger charge is -2.24. The predicted molar refractivity (Wildman–Crippen MR) is 72.7 cm³/mol. The molecule has 3 aliphatic rings. The molecule has 104 valence electrons. The van der Waals surface area contributed by atoms with Crippen LogP contribution in [0.15, 0.2) is 23.9 Å². The first-order valence-corrected chi connectivity index (χ1v) is 6.84. The van der Waals surface area contributed by atoms with E-state index in [0.717, 1.165) is 24.1 Å². The summed E-state index contributed by atoms with van der Waals surface area (Å²) in [6.07, 6.45) is 4.22. The summed E-state index contributed by atoms with van der Waals surface area (Å²) in [5, 5.41) is 0. The summed E-state index contributed by atoms with van der Waals surface area (Å²) in [6, 6.07) is 3.03. The molecule has 0 aromatic heterocycles. The average Bonchev–Trinajstić information content (AvgIpc) is 3.21. The SMILES string of the molecule is Nc1cc2c(cc1F)N(C1=CCOCC1)C(=O)C21CC1. The standard InChI is InChI=1S/C15H15FN2O2/c16-11-8-13-10(7-12(11)17)15(3-4-15)14(19)18(13)9-1-5-20-6-2-9/h1,7-8H,2-6,17H2. The summed E-state index contributed by atoms with van der Waals surface area (Å²) in [5.74, 6) is -0.405. The minimum absolute atomic E-state index is 0.0608. The van der Waals surface area contributed by atoms with E-state index in [4.69, 9.17) is 10.5 Å². The van der Waals surface area contributed by atoms with Gasteiger partial charge in [-0.15, -0.1) is 0 Å². The van der Waals surface area contributed by atoms with Crippen molar-refractivity contribution in [3.05, 3.63) is 35.3 Å². The Balaban J connectivity index is 1.88. The van der Waals surface area contributed by atoms with Crippen molar-refractivity contribution in [3.8, 4) is 0 Å². The highest BCUT2D eigenvalue weighted by Gasteiger charge is 2.60. The average molecular weight is 274 g/mol.